The zero-order valence-electron chi connectivity index (χ0n) is 18.6. The van der Waals surface area contributed by atoms with Crippen LogP contribution in [-0.4, -0.2) is 61.2 Å². The van der Waals surface area contributed by atoms with Gasteiger partial charge < -0.3 is 4.90 Å². The highest BCUT2D eigenvalue weighted by Gasteiger charge is 2.26. The van der Waals surface area contributed by atoms with Crippen LogP contribution < -0.4 is 9.62 Å². The summed E-state index contributed by atoms with van der Waals surface area (Å²) in [6.07, 6.45) is 12.6. The van der Waals surface area contributed by atoms with Gasteiger partial charge in [-0.2, -0.15) is 0 Å². The van der Waals surface area contributed by atoms with Gasteiger partial charge in [0.2, 0.25) is 0 Å². The van der Waals surface area contributed by atoms with E-state index in [9.17, 15) is 4.21 Å². The van der Waals surface area contributed by atoms with Crippen molar-refractivity contribution in [3.05, 3.63) is 36.8 Å². The topological polar surface area (TPSA) is 87.8 Å². The van der Waals surface area contributed by atoms with Crippen LogP contribution in [0, 0.1) is 5.92 Å². The molecule has 5 rings (SSSR count). The van der Waals surface area contributed by atoms with Crippen LogP contribution in [-0.2, 0) is 9.73 Å². The zero-order valence-corrected chi connectivity index (χ0v) is 20.3. The summed E-state index contributed by atoms with van der Waals surface area (Å²) in [5.41, 5.74) is 1.74. The second-order valence-electron chi connectivity index (χ2n) is 9.16. The molecule has 8 nitrogen and oxygen atoms in total. The van der Waals surface area contributed by atoms with Crippen molar-refractivity contribution in [1.82, 2.24) is 24.1 Å². The van der Waals surface area contributed by atoms with E-state index in [0.717, 1.165) is 41.6 Å². The summed E-state index contributed by atoms with van der Waals surface area (Å²) >= 11 is 1.66. The number of aromatic nitrogens is 4. The Hall–Kier alpha value is -2.17. The van der Waals surface area contributed by atoms with Gasteiger partial charge in [-0.15, -0.1) is 0 Å². The number of nitrogens with zero attached hydrogens (tertiary/aromatic N) is 6. The van der Waals surface area contributed by atoms with Crippen LogP contribution in [0.2, 0.25) is 0 Å². The van der Waals surface area contributed by atoms with E-state index in [2.05, 4.69) is 47.5 Å². The molecule has 2 aliphatic rings. The summed E-state index contributed by atoms with van der Waals surface area (Å²) in [5, 5.41) is 0. The number of hydrogen-bond acceptors (Lipinski definition) is 8. The van der Waals surface area contributed by atoms with E-state index in [-0.39, 0.29) is 6.04 Å². The molecular formula is C22H29N7OS2. The molecule has 2 fully saturated rings. The van der Waals surface area contributed by atoms with Gasteiger partial charge in [0.1, 0.15) is 17.2 Å². The first-order valence-electron chi connectivity index (χ1n) is 11.0. The number of hydrogen-bond donors (Lipinski definition) is 1. The lowest BCUT2D eigenvalue weighted by Crippen LogP contribution is -2.42. The maximum absolute atomic E-state index is 12.2. The van der Waals surface area contributed by atoms with Crippen molar-refractivity contribution < 1.29 is 4.21 Å². The predicted molar refractivity (Wildman–Crippen MR) is 130 cm³/mol. The van der Waals surface area contributed by atoms with E-state index in [1.807, 2.05) is 18.3 Å². The molecule has 3 aromatic rings. The van der Waals surface area contributed by atoms with Crippen LogP contribution in [0.1, 0.15) is 26.2 Å². The molecule has 0 aromatic carbocycles. The van der Waals surface area contributed by atoms with E-state index in [1.165, 1.54) is 12.8 Å². The van der Waals surface area contributed by atoms with E-state index >= 15 is 0 Å². The van der Waals surface area contributed by atoms with Gasteiger partial charge >= 0.3 is 0 Å². The molecule has 3 aromatic heterocycles. The molecule has 1 saturated heterocycles. The molecule has 0 unspecified atom stereocenters. The normalized spacial score (nSPS) is 21.8. The molecule has 10 heteroatoms. The third-order valence-electron chi connectivity index (χ3n) is 5.63. The summed E-state index contributed by atoms with van der Waals surface area (Å²) < 4.78 is 22.3. The van der Waals surface area contributed by atoms with Gasteiger partial charge in [0.25, 0.3) is 0 Å². The molecule has 1 N–H and O–H groups in total. The quantitative estimate of drug-likeness (QED) is 0.551. The number of fused-ring (bicyclic) bond motifs is 1. The molecule has 2 atom stereocenters. The number of imidazole rings is 1. The average Bonchev–Trinajstić information content (AvgIpc) is 3.48. The molecule has 170 valence electrons. The Morgan fingerprint density at radius 2 is 2.03 bits per heavy atom. The SMILES string of the molecule is C[C@H]1C[C@@H](N=S(C)(C)=O)CN(c2ccnc(-c3cnc4ccc(SNC5CC5)cn34)n2)C1. The van der Waals surface area contributed by atoms with E-state index in [4.69, 9.17) is 4.98 Å². The van der Waals surface area contributed by atoms with Crippen LogP contribution in [0.5, 0.6) is 0 Å². The van der Waals surface area contributed by atoms with Crippen molar-refractivity contribution in [2.75, 3.05) is 30.5 Å². The Bertz CT molecular complexity index is 1240. The van der Waals surface area contributed by atoms with Gasteiger partial charge in [0.05, 0.1) is 12.2 Å². The molecule has 4 heterocycles. The van der Waals surface area contributed by atoms with Gasteiger partial charge in [-0.1, -0.05) is 6.92 Å². The Morgan fingerprint density at radius 3 is 2.81 bits per heavy atom. The highest BCUT2D eigenvalue weighted by atomic mass is 32.2. The Kier molecular flexibility index (Phi) is 5.85. The fourth-order valence-corrected chi connectivity index (χ4v) is 5.83. The Balaban J connectivity index is 1.43. The van der Waals surface area contributed by atoms with E-state index in [1.54, 1.807) is 30.7 Å². The number of anilines is 1. The van der Waals surface area contributed by atoms with Crippen LogP contribution in [0.15, 0.2) is 46.0 Å². The first-order valence-corrected chi connectivity index (χ1v) is 14.1. The van der Waals surface area contributed by atoms with Gasteiger partial charge in [-0.05, 0) is 55.3 Å². The summed E-state index contributed by atoms with van der Waals surface area (Å²) in [4.78, 5) is 17.4. The molecule has 0 bridgehead atoms. The predicted octanol–water partition coefficient (Wildman–Crippen LogP) is 3.49. The van der Waals surface area contributed by atoms with Gasteiger partial charge in [-0.3, -0.25) is 13.3 Å². The standard InChI is InChI=1S/C22H29N7OS2/c1-15-10-17(27-32(2,3)30)13-28(12-15)21-8-9-23-22(25-21)19-11-24-20-7-6-18(14-29(19)20)31-26-16-4-5-16/h6-9,11,14-17,26H,4-5,10,12-13H2,1-3H3/t15-,17+/m0/s1. The maximum Gasteiger partial charge on any atom is 0.180 e. The number of piperidine rings is 1. The maximum atomic E-state index is 12.2. The molecular weight excluding hydrogens is 442 g/mol. The number of pyridine rings is 1. The third kappa shape index (κ3) is 5.07. The highest BCUT2D eigenvalue weighted by Crippen LogP contribution is 2.28. The summed E-state index contributed by atoms with van der Waals surface area (Å²) in [7, 11) is -2.13. The molecule has 1 saturated carbocycles. The number of nitrogens with one attached hydrogen (secondary N) is 1. The lowest BCUT2D eigenvalue weighted by Gasteiger charge is -2.35. The molecule has 1 aliphatic heterocycles. The third-order valence-corrected chi connectivity index (χ3v) is 7.37. The minimum Gasteiger partial charge on any atom is -0.354 e. The first-order chi connectivity index (χ1) is 15.3. The van der Waals surface area contributed by atoms with Crippen molar-refractivity contribution in [3.8, 4) is 11.5 Å². The van der Waals surface area contributed by atoms with Crippen LogP contribution in [0.3, 0.4) is 0 Å². The van der Waals surface area contributed by atoms with Crippen molar-refractivity contribution in [2.24, 2.45) is 10.3 Å². The molecule has 1 aliphatic carbocycles. The van der Waals surface area contributed by atoms with Crippen LogP contribution >= 0.6 is 11.9 Å². The monoisotopic (exact) mass is 471 g/mol. The van der Waals surface area contributed by atoms with Crippen LogP contribution in [0.4, 0.5) is 5.82 Å². The largest absolute Gasteiger partial charge is 0.354 e. The summed E-state index contributed by atoms with van der Waals surface area (Å²) in [6.45, 7) is 3.83. The van der Waals surface area contributed by atoms with Crippen LogP contribution in [0.25, 0.3) is 17.2 Å². The minimum atomic E-state index is -2.13. The van der Waals surface area contributed by atoms with Crippen molar-refractivity contribution in [1.29, 1.82) is 0 Å². The highest BCUT2D eigenvalue weighted by molar-refractivity contribution is 7.97. The smallest absolute Gasteiger partial charge is 0.180 e. The first kappa shape index (κ1) is 21.7. The molecule has 0 spiro atoms. The van der Waals surface area contributed by atoms with Crippen molar-refractivity contribution in [3.63, 3.8) is 0 Å². The minimum absolute atomic E-state index is 0.0500. The zero-order chi connectivity index (χ0) is 22.3. The van der Waals surface area contributed by atoms with Gasteiger partial charge in [0.15, 0.2) is 5.82 Å². The Labute approximate surface area is 193 Å². The average molecular weight is 472 g/mol. The molecule has 32 heavy (non-hydrogen) atoms. The molecule has 0 amide bonds. The number of rotatable bonds is 6. The van der Waals surface area contributed by atoms with E-state index in [0.29, 0.717) is 17.8 Å². The van der Waals surface area contributed by atoms with Gasteiger partial charge in [0, 0.05) is 58.7 Å². The summed E-state index contributed by atoms with van der Waals surface area (Å²) in [6, 6.07) is 6.73. The fourth-order valence-electron chi connectivity index (χ4n) is 4.13. The van der Waals surface area contributed by atoms with Gasteiger partial charge in [-0.25, -0.2) is 19.3 Å². The Morgan fingerprint density at radius 1 is 1.19 bits per heavy atom. The van der Waals surface area contributed by atoms with E-state index < -0.39 is 9.73 Å². The molecule has 0 radical (unpaired) electrons. The second-order valence-corrected chi connectivity index (χ2v) is 12.6. The lowest BCUT2D eigenvalue weighted by molar-refractivity contribution is 0.402. The summed E-state index contributed by atoms with van der Waals surface area (Å²) in [5.74, 6) is 1.97. The van der Waals surface area contributed by atoms with Crippen molar-refractivity contribution in [2.45, 2.75) is 43.2 Å². The lowest BCUT2D eigenvalue weighted by atomic mass is 9.97. The van der Waals surface area contributed by atoms with Crippen molar-refractivity contribution >= 4 is 33.1 Å². The second kappa shape index (κ2) is 8.64. The fraction of sp³-hybridized carbons (Fsp3) is 0.500.